The van der Waals surface area contributed by atoms with Gasteiger partial charge in [-0.3, -0.25) is 5.01 Å². The molecule has 1 aliphatic rings. The quantitative estimate of drug-likeness (QED) is 0.375. The van der Waals surface area contributed by atoms with Crippen LogP contribution in [0.4, 0.5) is 0 Å². The number of benzene rings is 3. The fraction of sp³-hybridized carbons (Fsp3) is 0.154. The van der Waals surface area contributed by atoms with E-state index < -0.39 is 5.97 Å². The lowest BCUT2D eigenvalue weighted by Crippen LogP contribution is -2.30. The van der Waals surface area contributed by atoms with Crippen LogP contribution in [0, 0.1) is 0 Å². The molecule has 6 nitrogen and oxygen atoms in total. The first kappa shape index (κ1) is 21.2. The van der Waals surface area contributed by atoms with Crippen LogP contribution < -0.4 is 4.74 Å². The van der Waals surface area contributed by atoms with E-state index >= 15 is 0 Å². The highest BCUT2D eigenvalue weighted by Crippen LogP contribution is 2.39. The van der Waals surface area contributed by atoms with E-state index in [1.165, 1.54) is 7.11 Å². The van der Waals surface area contributed by atoms with Gasteiger partial charge in [0.25, 0.3) is 0 Å². The molecule has 0 saturated carbocycles. The number of carbonyl (C=O) groups excluding carboxylic acids is 1. The zero-order chi connectivity index (χ0) is 22.3. The highest BCUT2D eigenvalue weighted by molar-refractivity contribution is 5.97. The van der Waals surface area contributed by atoms with Gasteiger partial charge < -0.3 is 14.2 Å². The maximum absolute atomic E-state index is 12.8. The first-order valence-electron chi connectivity index (χ1n) is 10.3. The molecule has 0 fully saturated rings. The van der Waals surface area contributed by atoms with Crippen molar-refractivity contribution in [1.82, 2.24) is 5.01 Å². The molecule has 0 N–H and O–H groups in total. The van der Waals surface area contributed by atoms with Gasteiger partial charge in [0.15, 0.2) is 11.5 Å². The van der Waals surface area contributed by atoms with Crippen molar-refractivity contribution >= 4 is 17.9 Å². The van der Waals surface area contributed by atoms with E-state index in [2.05, 4.69) is 5.10 Å². The molecule has 0 aromatic heterocycles. The molecule has 1 heterocycles. The van der Waals surface area contributed by atoms with Crippen LogP contribution >= 0.6 is 0 Å². The van der Waals surface area contributed by atoms with Crippen LogP contribution in [0.5, 0.6) is 11.5 Å². The minimum atomic E-state index is -0.515. The van der Waals surface area contributed by atoms with Crippen LogP contribution in [0.15, 0.2) is 89.7 Å². The summed E-state index contributed by atoms with van der Waals surface area (Å²) >= 11 is 0. The van der Waals surface area contributed by atoms with Gasteiger partial charge in [0, 0.05) is 17.3 Å². The lowest BCUT2D eigenvalue weighted by atomic mass is 9.99. The van der Waals surface area contributed by atoms with Gasteiger partial charge in [0.1, 0.15) is 18.1 Å². The maximum atomic E-state index is 12.8. The number of carbonyl (C=O) groups is 1. The predicted molar refractivity (Wildman–Crippen MR) is 123 cm³/mol. The first-order chi connectivity index (χ1) is 15.7. The average molecular weight is 428 g/mol. The highest BCUT2D eigenvalue weighted by Gasteiger charge is 2.33. The third-order valence-electron chi connectivity index (χ3n) is 4.99. The summed E-state index contributed by atoms with van der Waals surface area (Å²) < 4.78 is 17.4. The zero-order valence-corrected chi connectivity index (χ0v) is 18.0. The molecule has 0 aliphatic carbocycles. The number of para-hydroxylation sites is 1. The number of rotatable bonds is 7. The van der Waals surface area contributed by atoms with Crippen LogP contribution in [-0.4, -0.2) is 24.3 Å². The van der Waals surface area contributed by atoms with Crippen molar-refractivity contribution in [3.63, 3.8) is 0 Å². The van der Waals surface area contributed by atoms with Gasteiger partial charge in [0.05, 0.1) is 13.7 Å². The average Bonchev–Trinajstić information content (AvgIpc) is 2.84. The third-order valence-corrected chi connectivity index (χ3v) is 4.99. The van der Waals surface area contributed by atoms with Crippen molar-refractivity contribution in [2.45, 2.75) is 20.1 Å². The third kappa shape index (κ3) is 4.49. The largest absolute Gasteiger partial charge is 0.486 e. The van der Waals surface area contributed by atoms with E-state index in [0.29, 0.717) is 24.7 Å². The van der Waals surface area contributed by atoms with E-state index in [4.69, 9.17) is 14.2 Å². The topological polar surface area (TPSA) is 60.4 Å². The second kappa shape index (κ2) is 9.83. The number of methoxy groups -OCH3 is 1. The minimum Gasteiger partial charge on any atom is -0.486 e. The van der Waals surface area contributed by atoms with E-state index in [9.17, 15) is 4.79 Å². The molecule has 162 valence electrons. The van der Waals surface area contributed by atoms with Crippen LogP contribution in [0.1, 0.15) is 23.6 Å². The Morgan fingerprint density at radius 3 is 2.41 bits per heavy atom. The van der Waals surface area contributed by atoms with Crippen LogP contribution in [0.3, 0.4) is 0 Å². The van der Waals surface area contributed by atoms with Crippen molar-refractivity contribution in [2.24, 2.45) is 5.10 Å². The number of hydrogen-bond acceptors (Lipinski definition) is 6. The zero-order valence-electron chi connectivity index (χ0n) is 18.0. The maximum Gasteiger partial charge on any atom is 0.360 e. The molecule has 4 rings (SSSR count). The van der Waals surface area contributed by atoms with E-state index in [1.807, 2.05) is 78.9 Å². The molecule has 0 atom stereocenters. The van der Waals surface area contributed by atoms with Crippen molar-refractivity contribution in [3.05, 3.63) is 101 Å². The number of ether oxygens (including phenoxy) is 3. The Morgan fingerprint density at radius 2 is 1.72 bits per heavy atom. The summed E-state index contributed by atoms with van der Waals surface area (Å²) in [6.07, 6.45) is 1.63. The molecular formula is C26H24N2O4. The van der Waals surface area contributed by atoms with Crippen LogP contribution in [0.25, 0.3) is 5.76 Å². The molecule has 0 radical (unpaired) electrons. The predicted octanol–water partition coefficient (Wildman–Crippen LogP) is 5.36. The molecule has 32 heavy (non-hydrogen) atoms. The lowest BCUT2D eigenvalue weighted by molar-refractivity contribution is -0.138. The Morgan fingerprint density at radius 1 is 1.00 bits per heavy atom. The molecular weight excluding hydrogens is 404 g/mol. The van der Waals surface area contributed by atoms with Crippen molar-refractivity contribution in [3.8, 4) is 11.5 Å². The smallest absolute Gasteiger partial charge is 0.360 e. The first-order valence-corrected chi connectivity index (χ1v) is 10.3. The number of hydrogen-bond donors (Lipinski definition) is 0. The second-order valence-corrected chi connectivity index (χ2v) is 7.07. The summed E-state index contributed by atoms with van der Waals surface area (Å²) in [5.41, 5.74) is 2.89. The van der Waals surface area contributed by atoms with Crippen molar-refractivity contribution < 1.29 is 19.0 Å². The van der Waals surface area contributed by atoms with Gasteiger partial charge in [-0.05, 0) is 30.7 Å². The van der Waals surface area contributed by atoms with Gasteiger partial charge >= 0.3 is 5.97 Å². The van der Waals surface area contributed by atoms with E-state index in [0.717, 1.165) is 22.4 Å². The summed E-state index contributed by atoms with van der Waals surface area (Å²) in [5.74, 6) is 1.29. The van der Waals surface area contributed by atoms with Crippen molar-refractivity contribution in [1.29, 1.82) is 0 Å². The summed E-state index contributed by atoms with van der Waals surface area (Å²) in [6.45, 7) is 2.43. The van der Waals surface area contributed by atoms with E-state index in [1.54, 1.807) is 18.1 Å². The number of esters is 1. The Bertz CT molecular complexity index is 1140. The Labute approximate surface area is 187 Å². The van der Waals surface area contributed by atoms with Gasteiger partial charge in [-0.2, -0.15) is 5.10 Å². The van der Waals surface area contributed by atoms with Gasteiger partial charge in [0.2, 0.25) is 0 Å². The van der Waals surface area contributed by atoms with E-state index in [-0.39, 0.29) is 5.70 Å². The molecule has 3 aromatic rings. The molecule has 1 aliphatic heterocycles. The lowest BCUT2D eigenvalue weighted by Gasteiger charge is -2.30. The van der Waals surface area contributed by atoms with Crippen LogP contribution in [0.2, 0.25) is 0 Å². The fourth-order valence-corrected chi connectivity index (χ4v) is 3.53. The monoisotopic (exact) mass is 428 g/mol. The summed E-state index contributed by atoms with van der Waals surface area (Å²) in [6, 6.07) is 25.1. The van der Waals surface area contributed by atoms with Gasteiger partial charge in [-0.15, -0.1) is 0 Å². The Kier molecular flexibility index (Phi) is 6.51. The second-order valence-electron chi connectivity index (χ2n) is 7.07. The summed E-state index contributed by atoms with van der Waals surface area (Å²) in [7, 11) is 1.35. The SMILES string of the molecule is C/C=N\N1Cc2c(Oc3ccccc3)cccc2C(OCc2ccccc2)=C1C(=O)OC. The Balaban J connectivity index is 1.80. The normalized spacial score (nSPS) is 13.1. The number of hydrazone groups is 1. The Hall–Kier alpha value is -4.06. The van der Waals surface area contributed by atoms with Gasteiger partial charge in [-0.1, -0.05) is 60.7 Å². The molecule has 0 spiro atoms. The molecule has 3 aromatic carbocycles. The minimum absolute atomic E-state index is 0.255. The molecule has 0 bridgehead atoms. The molecule has 0 amide bonds. The molecule has 0 saturated heterocycles. The standard InChI is InChI=1S/C26H24N2O4/c1-3-27-28-17-22-21(15-10-16-23(22)32-20-13-8-5-9-14-20)25(24(28)26(29)30-2)31-18-19-11-6-4-7-12-19/h3-16H,17-18H2,1-2H3/b27-3-. The summed E-state index contributed by atoms with van der Waals surface area (Å²) in [4.78, 5) is 12.8. The van der Waals surface area contributed by atoms with Crippen molar-refractivity contribution in [2.75, 3.05) is 7.11 Å². The number of fused-ring (bicyclic) bond motifs is 1. The fourth-order valence-electron chi connectivity index (χ4n) is 3.53. The molecule has 0 unspecified atom stereocenters. The van der Waals surface area contributed by atoms with Gasteiger partial charge in [-0.25, -0.2) is 4.79 Å². The van der Waals surface area contributed by atoms with Crippen LogP contribution in [-0.2, 0) is 27.4 Å². The number of nitrogens with zero attached hydrogens (tertiary/aromatic N) is 2. The highest BCUT2D eigenvalue weighted by atomic mass is 16.5. The molecule has 6 heteroatoms. The summed E-state index contributed by atoms with van der Waals surface area (Å²) in [5, 5.41) is 5.99.